The molecule has 0 N–H and O–H groups in total. The van der Waals surface area contributed by atoms with Crippen LogP contribution in [-0.2, 0) is 14.3 Å². The zero-order chi connectivity index (χ0) is 14.8. The average molecular weight is 273 g/mol. The van der Waals surface area contributed by atoms with E-state index in [4.69, 9.17) is 14.7 Å². The van der Waals surface area contributed by atoms with Crippen LogP contribution in [0.2, 0.25) is 0 Å². The van der Waals surface area contributed by atoms with Crippen LogP contribution in [-0.4, -0.2) is 26.3 Å². The number of carbonyl (C=O) groups is 1. The van der Waals surface area contributed by atoms with Crippen molar-refractivity contribution in [1.82, 2.24) is 0 Å². The van der Waals surface area contributed by atoms with E-state index in [-0.39, 0.29) is 5.57 Å². The van der Waals surface area contributed by atoms with Crippen LogP contribution in [0.15, 0.2) is 42.7 Å². The molecule has 0 radical (unpaired) electrons. The van der Waals surface area contributed by atoms with Gasteiger partial charge in [0.15, 0.2) is 0 Å². The summed E-state index contributed by atoms with van der Waals surface area (Å²) in [6.07, 6.45) is 2.76. The number of hydrogen-bond donors (Lipinski definition) is 0. The van der Waals surface area contributed by atoms with E-state index in [1.807, 2.05) is 0 Å². The molecule has 0 saturated carbocycles. The second kappa shape index (κ2) is 8.38. The Morgan fingerprint density at radius 2 is 2.15 bits per heavy atom. The highest BCUT2D eigenvalue weighted by atomic mass is 16.5. The third-order valence-electron chi connectivity index (χ3n) is 2.32. The molecule has 5 heteroatoms. The first-order valence-corrected chi connectivity index (χ1v) is 5.87. The minimum atomic E-state index is -0.683. The van der Waals surface area contributed by atoms with Gasteiger partial charge in [0, 0.05) is 5.56 Å². The van der Waals surface area contributed by atoms with Crippen molar-refractivity contribution in [2.45, 2.75) is 0 Å². The van der Waals surface area contributed by atoms with Gasteiger partial charge in [-0.25, -0.2) is 4.79 Å². The number of para-hydroxylation sites is 1. The van der Waals surface area contributed by atoms with E-state index in [0.717, 1.165) is 0 Å². The number of nitriles is 1. The lowest BCUT2D eigenvalue weighted by Crippen LogP contribution is -2.06. The molecule has 0 heterocycles. The Morgan fingerprint density at radius 3 is 2.80 bits per heavy atom. The van der Waals surface area contributed by atoms with Crippen molar-refractivity contribution < 1.29 is 19.0 Å². The lowest BCUT2D eigenvalue weighted by atomic mass is 10.1. The topological polar surface area (TPSA) is 68.5 Å². The fourth-order valence-corrected chi connectivity index (χ4v) is 1.42. The van der Waals surface area contributed by atoms with E-state index in [9.17, 15) is 4.79 Å². The van der Waals surface area contributed by atoms with Gasteiger partial charge in [0.25, 0.3) is 0 Å². The van der Waals surface area contributed by atoms with Crippen LogP contribution in [0.25, 0.3) is 6.08 Å². The van der Waals surface area contributed by atoms with Crippen molar-refractivity contribution in [2.24, 2.45) is 0 Å². The molecule has 0 spiro atoms. The minimum absolute atomic E-state index is 0.0918. The monoisotopic (exact) mass is 273 g/mol. The van der Waals surface area contributed by atoms with Crippen molar-refractivity contribution in [3.63, 3.8) is 0 Å². The predicted molar refractivity (Wildman–Crippen MR) is 73.7 cm³/mol. The summed E-state index contributed by atoms with van der Waals surface area (Å²) in [5, 5.41) is 8.93. The predicted octanol–water partition coefficient (Wildman–Crippen LogP) is 2.31. The smallest absolute Gasteiger partial charge is 0.348 e. The second-order valence-electron chi connectivity index (χ2n) is 3.59. The normalized spacial score (nSPS) is 10.3. The van der Waals surface area contributed by atoms with Gasteiger partial charge in [0.1, 0.15) is 30.6 Å². The highest BCUT2D eigenvalue weighted by Crippen LogP contribution is 2.21. The second-order valence-corrected chi connectivity index (χ2v) is 3.59. The maximum absolute atomic E-state index is 11.4. The average Bonchev–Trinajstić information content (AvgIpc) is 2.49. The molecule has 0 aromatic heterocycles. The molecule has 0 aliphatic heterocycles. The summed E-state index contributed by atoms with van der Waals surface area (Å²) in [6.45, 7) is 4.12. The van der Waals surface area contributed by atoms with Gasteiger partial charge in [-0.1, -0.05) is 24.8 Å². The molecule has 5 nitrogen and oxygen atoms in total. The Morgan fingerprint density at radius 1 is 1.40 bits per heavy atom. The Balaban J connectivity index is 2.89. The van der Waals surface area contributed by atoms with Crippen molar-refractivity contribution in [1.29, 1.82) is 5.26 Å². The number of nitrogens with zero attached hydrogens (tertiary/aromatic N) is 1. The molecule has 104 valence electrons. The van der Waals surface area contributed by atoms with Gasteiger partial charge in [0.05, 0.1) is 13.4 Å². The van der Waals surface area contributed by atoms with Crippen molar-refractivity contribution >= 4 is 12.0 Å². The van der Waals surface area contributed by atoms with E-state index < -0.39 is 5.97 Å². The first kappa shape index (κ1) is 15.3. The van der Waals surface area contributed by atoms with Gasteiger partial charge >= 0.3 is 5.97 Å². The number of methoxy groups -OCH3 is 1. The minimum Gasteiger partial charge on any atom is -0.498 e. The van der Waals surface area contributed by atoms with Gasteiger partial charge in [-0.15, -0.1) is 0 Å². The molecule has 0 atom stereocenters. The Labute approximate surface area is 117 Å². The molecule has 0 aliphatic carbocycles. The summed E-state index contributed by atoms with van der Waals surface area (Å²) in [4.78, 5) is 11.4. The van der Waals surface area contributed by atoms with Crippen LogP contribution < -0.4 is 4.74 Å². The van der Waals surface area contributed by atoms with Gasteiger partial charge in [-0.3, -0.25) is 0 Å². The summed E-state index contributed by atoms with van der Waals surface area (Å²) < 4.78 is 15.0. The molecule has 0 aliphatic rings. The third-order valence-corrected chi connectivity index (χ3v) is 2.32. The Bertz CT molecular complexity index is 543. The lowest BCUT2D eigenvalue weighted by Gasteiger charge is -2.09. The zero-order valence-electron chi connectivity index (χ0n) is 11.2. The molecule has 1 aromatic carbocycles. The number of rotatable bonds is 7. The van der Waals surface area contributed by atoms with Crippen LogP contribution >= 0.6 is 0 Å². The fraction of sp³-hybridized carbons (Fsp3) is 0.200. The van der Waals surface area contributed by atoms with E-state index in [1.165, 1.54) is 19.4 Å². The van der Waals surface area contributed by atoms with Crippen molar-refractivity contribution in [3.8, 4) is 11.8 Å². The zero-order valence-corrected chi connectivity index (χ0v) is 11.2. The van der Waals surface area contributed by atoms with Crippen molar-refractivity contribution in [3.05, 3.63) is 48.2 Å². The standard InChI is InChI=1S/C15H15NO4/c1-3-19-8-9-20-14-7-5-4-6-12(14)10-13(11-16)15(17)18-2/h3-7,10H,1,8-9H2,2H3/b13-10+. The largest absolute Gasteiger partial charge is 0.498 e. The van der Waals surface area contributed by atoms with Crippen LogP contribution in [0, 0.1) is 11.3 Å². The van der Waals surface area contributed by atoms with Gasteiger partial charge in [-0.05, 0) is 12.1 Å². The molecular formula is C15H15NO4. The van der Waals surface area contributed by atoms with E-state index >= 15 is 0 Å². The summed E-state index contributed by atoms with van der Waals surface area (Å²) >= 11 is 0. The summed E-state index contributed by atoms with van der Waals surface area (Å²) in [5.74, 6) is -0.130. The van der Waals surface area contributed by atoms with Gasteiger partial charge in [-0.2, -0.15) is 5.26 Å². The molecule has 0 fully saturated rings. The Kier molecular flexibility index (Phi) is 6.42. The molecule has 0 bridgehead atoms. The summed E-state index contributed by atoms with van der Waals surface area (Å²) in [7, 11) is 1.22. The highest BCUT2D eigenvalue weighted by Gasteiger charge is 2.10. The first-order valence-electron chi connectivity index (χ1n) is 5.87. The lowest BCUT2D eigenvalue weighted by molar-refractivity contribution is -0.135. The molecule has 0 amide bonds. The number of carbonyl (C=O) groups excluding carboxylic acids is 1. The first-order chi connectivity index (χ1) is 9.72. The number of benzene rings is 1. The highest BCUT2D eigenvalue weighted by molar-refractivity contribution is 5.98. The van der Waals surface area contributed by atoms with E-state index in [1.54, 1.807) is 30.3 Å². The quantitative estimate of drug-likeness (QED) is 0.251. The third kappa shape index (κ3) is 4.50. The number of esters is 1. The van der Waals surface area contributed by atoms with Crippen LogP contribution in [0.4, 0.5) is 0 Å². The van der Waals surface area contributed by atoms with Crippen LogP contribution in [0.1, 0.15) is 5.56 Å². The maximum atomic E-state index is 11.4. The molecule has 20 heavy (non-hydrogen) atoms. The molecule has 1 aromatic rings. The molecule has 0 unspecified atom stereocenters. The molecule has 1 rings (SSSR count). The van der Waals surface area contributed by atoms with E-state index in [2.05, 4.69) is 11.3 Å². The SMILES string of the molecule is C=COCCOc1ccccc1/C=C(\C#N)C(=O)OC. The number of hydrogen-bond acceptors (Lipinski definition) is 5. The Hall–Kier alpha value is -2.74. The molecule has 0 saturated heterocycles. The van der Waals surface area contributed by atoms with Gasteiger partial charge < -0.3 is 14.2 Å². The maximum Gasteiger partial charge on any atom is 0.348 e. The van der Waals surface area contributed by atoms with Crippen LogP contribution in [0.5, 0.6) is 5.75 Å². The van der Waals surface area contributed by atoms with E-state index in [0.29, 0.717) is 24.5 Å². The summed E-state index contributed by atoms with van der Waals surface area (Å²) in [6, 6.07) is 8.86. The fourth-order valence-electron chi connectivity index (χ4n) is 1.42. The van der Waals surface area contributed by atoms with Crippen molar-refractivity contribution in [2.75, 3.05) is 20.3 Å². The molecular weight excluding hydrogens is 258 g/mol. The van der Waals surface area contributed by atoms with Gasteiger partial charge in [0.2, 0.25) is 0 Å². The van der Waals surface area contributed by atoms with Crippen LogP contribution in [0.3, 0.4) is 0 Å². The summed E-state index contributed by atoms with van der Waals surface area (Å²) in [5.41, 5.74) is 0.527. The number of ether oxygens (including phenoxy) is 3.